The van der Waals surface area contributed by atoms with Crippen molar-refractivity contribution in [2.45, 2.75) is 31.8 Å². The molecule has 1 atom stereocenters. The summed E-state index contributed by atoms with van der Waals surface area (Å²) in [5, 5.41) is 10.6. The number of rotatable bonds is 4. The van der Waals surface area contributed by atoms with Gasteiger partial charge in [-0.3, -0.25) is 15.0 Å². The largest absolute Gasteiger partial charge is 0.329 e. The number of nitrogens with two attached hydrogens (primary N) is 1. The molecule has 1 unspecified atom stereocenters. The number of hydrogen-bond acceptors (Lipinski definition) is 4. The number of non-ortho nitro benzene ring substituents is 1. The van der Waals surface area contributed by atoms with E-state index in [4.69, 9.17) is 5.73 Å². The number of nitro benzene ring substituents is 1. The van der Waals surface area contributed by atoms with Crippen LogP contribution in [0.25, 0.3) is 0 Å². The quantitative estimate of drug-likeness (QED) is 0.685. The first-order chi connectivity index (χ1) is 9.11. The summed E-state index contributed by atoms with van der Waals surface area (Å²) < 4.78 is 13.8. The summed E-state index contributed by atoms with van der Waals surface area (Å²) in [5.41, 5.74) is 6.00. The van der Waals surface area contributed by atoms with Gasteiger partial charge in [0.05, 0.1) is 11.0 Å². The van der Waals surface area contributed by atoms with Gasteiger partial charge in [0.15, 0.2) is 0 Å². The van der Waals surface area contributed by atoms with Crippen LogP contribution in [0, 0.1) is 15.9 Å². The van der Waals surface area contributed by atoms with Gasteiger partial charge in [-0.25, -0.2) is 4.39 Å². The summed E-state index contributed by atoms with van der Waals surface area (Å²) in [6.07, 6.45) is 3.28. The number of nitrogens with zero attached hydrogens (tertiary/aromatic N) is 2. The second kappa shape index (κ2) is 7.52. The van der Waals surface area contributed by atoms with Crippen LogP contribution in [-0.2, 0) is 6.54 Å². The Balaban J connectivity index is 0.00000200. The van der Waals surface area contributed by atoms with Crippen molar-refractivity contribution in [2.75, 3.05) is 13.1 Å². The van der Waals surface area contributed by atoms with Gasteiger partial charge in [0.1, 0.15) is 5.82 Å². The van der Waals surface area contributed by atoms with Crippen molar-refractivity contribution < 1.29 is 9.31 Å². The zero-order chi connectivity index (χ0) is 13.8. The lowest BCUT2D eigenvalue weighted by molar-refractivity contribution is -0.385. The molecule has 7 heteroatoms. The molecule has 2 N–H and O–H groups in total. The molecule has 2 rings (SSSR count). The van der Waals surface area contributed by atoms with Crippen LogP contribution in [0.5, 0.6) is 0 Å². The highest BCUT2D eigenvalue weighted by Crippen LogP contribution is 2.22. The molecule has 112 valence electrons. The molecule has 1 saturated heterocycles. The molecule has 1 aliphatic heterocycles. The normalized spacial score (nSPS) is 19.4. The van der Waals surface area contributed by atoms with Crippen LogP contribution < -0.4 is 5.73 Å². The van der Waals surface area contributed by atoms with E-state index in [1.807, 2.05) is 0 Å². The van der Waals surface area contributed by atoms with Crippen molar-refractivity contribution in [1.82, 2.24) is 4.90 Å². The number of likely N-dealkylation sites (tertiary alicyclic amines) is 1. The van der Waals surface area contributed by atoms with Crippen LogP contribution in [0.4, 0.5) is 10.1 Å². The first-order valence-electron chi connectivity index (χ1n) is 6.48. The average Bonchev–Trinajstić information content (AvgIpc) is 2.41. The average molecular weight is 304 g/mol. The molecule has 1 aromatic rings. The third kappa shape index (κ3) is 3.88. The Bertz CT molecular complexity index is 473. The Kier molecular flexibility index (Phi) is 6.32. The van der Waals surface area contributed by atoms with E-state index in [2.05, 4.69) is 4.90 Å². The van der Waals surface area contributed by atoms with Crippen LogP contribution in [0.1, 0.15) is 24.8 Å². The third-order valence-electron chi connectivity index (χ3n) is 3.64. The molecule has 0 saturated carbocycles. The number of nitro groups is 1. The molecule has 0 aliphatic carbocycles. The van der Waals surface area contributed by atoms with Gasteiger partial charge in [0.2, 0.25) is 0 Å². The summed E-state index contributed by atoms with van der Waals surface area (Å²) in [7, 11) is 0. The maximum absolute atomic E-state index is 13.8. The van der Waals surface area contributed by atoms with Crippen LogP contribution >= 0.6 is 12.4 Å². The fourth-order valence-corrected chi connectivity index (χ4v) is 2.53. The standard InChI is InChI=1S/C13H18FN3O2.ClH/c14-13-7-11(17(18)19)5-4-10(13)9-16-6-2-1-3-12(16)8-15;/h4-5,7,12H,1-3,6,8-9,15H2;1H. The Morgan fingerprint density at radius 3 is 2.80 bits per heavy atom. The predicted octanol–water partition coefficient (Wildman–Crippen LogP) is 2.47. The van der Waals surface area contributed by atoms with E-state index in [-0.39, 0.29) is 24.1 Å². The minimum atomic E-state index is -0.587. The maximum Gasteiger partial charge on any atom is 0.272 e. The molecule has 1 aromatic carbocycles. The van der Waals surface area contributed by atoms with E-state index >= 15 is 0 Å². The van der Waals surface area contributed by atoms with Crippen molar-refractivity contribution in [3.05, 3.63) is 39.7 Å². The molecule has 0 radical (unpaired) electrons. The molecule has 1 heterocycles. The van der Waals surface area contributed by atoms with Gasteiger partial charge >= 0.3 is 0 Å². The highest BCUT2D eigenvalue weighted by molar-refractivity contribution is 5.85. The van der Waals surface area contributed by atoms with Crippen molar-refractivity contribution in [3.63, 3.8) is 0 Å². The molecule has 20 heavy (non-hydrogen) atoms. The summed E-state index contributed by atoms with van der Waals surface area (Å²) in [5.74, 6) is -0.518. The molecule has 0 amide bonds. The molecular weight excluding hydrogens is 285 g/mol. The first-order valence-corrected chi connectivity index (χ1v) is 6.48. The number of benzene rings is 1. The lowest BCUT2D eigenvalue weighted by atomic mass is 10.0. The SMILES string of the molecule is Cl.NCC1CCCCN1Cc1ccc([N+](=O)[O-])cc1F. The van der Waals surface area contributed by atoms with E-state index in [0.717, 1.165) is 31.9 Å². The fourth-order valence-electron chi connectivity index (χ4n) is 2.53. The van der Waals surface area contributed by atoms with Crippen LogP contribution in [0.3, 0.4) is 0 Å². The van der Waals surface area contributed by atoms with Gasteiger partial charge in [-0.05, 0) is 25.5 Å². The van der Waals surface area contributed by atoms with Gasteiger partial charge < -0.3 is 5.73 Å². The molecule has 0 spiro atoms. The van der Waals surface area contributed by atoms with Crippen LogP contribution in [-0.4, -0.2) is 29.0 Å². The Morgan fingerprint density at radius 1 is 1.45 bits per heavy atom. The number of halogens is 2. The second-order valence-electron chi connectivity index (χ2n) is 4.89. The topological polar surface area (TPSA) is 72.4 Å². The number of hydrogen-bond donors (Lipinski definition) is 1. The van der Waals surface area contributed by atoms with E-state index in [1.54, 1.807) is 0 Å². The summed E-state index contributed by atoms with van der Waals surface area (Å²) >= 11 is 0. The van der Waals surface area contributed by atoms with Crippen LogP contribution in [0.15, 0.2) is 18.2 Å². The summed E-state index contributed by atoms with van der Waals surface area (Å²) in [6.45, 7) is 1.93. The van der Waals surface area contributed by atoms with Gasteiger partial charge in [0.25, 0.3) is 5.69 Å². The zero-order valence-corrected chi connectivity index (χ0v) is 11.9. The summed E-state index contributed by atoms with van der Waals surface area (Å²) in [4.78, 5) is 12.1. The first kappa shape index (κ1) is 16.8. The van der Waals surface area contributed by atoms with Crippen LogP contribution in [0.2, 0.25) is 0 Å². The van der Waals surface area contributed by atoms with Crippen molar-refractivity contribution >= 4 is 18.1 Å². The number of piperidine rings is 1. The lowest BCUT2D eigenvalue weighted by Crippen LogP contribution is -2.43. The molecule has 5 nitrogen and oxygen atoms in total. The second-order valence-corrected chi connectivity index (χ2v) is 4.89. The molecular formula is C13H19ClFN3O2. The third-order valence-corrected chi connectivity index (χ3v) is 3.64. The zero-order valence-electron chi connectivity index (χ0n) is 11.1. The smallest absolute Gasteiger partial charge is 0.272 e. The van der Waals surface area contributed by atoms with Gasteiger partial charge in [-0.2, -0.15) is 0 Å². The fraction of sp³-hybridized carbons (Fsp3) is 0.538. The minimum Gasteiger partial charge on any atom is -0.329 e. The van der Waals surface area contributed by atoms with Crippen molar-refractivity contribution in [3.8, 4) is 0 Å². The molecule has 0 bridgehead atoms. The molecule has 1 aliphatic rings. The van der Waals surface area contributed by atoms with E-state index in [9.17, 15) is 14.5 Å². The monoisotopic (exact) mass is 303 g/mol. The highest BCUT2D eigenvalue weighted by Gasteiger charge is 2.22. The minimum absolute atomic E-state index is 0. The van der Waals surface area contributed by atoms with Crippen molar-refractivity contribution in [1.29, 1.82) is 0 Å². The Labute approximate surface area is 123 Å². The summed E-state index contributed by atoms with van der Waals surface area (Å²) in [6, 6.07) is 4.11. The van der Waals surface area contributed by atoms with E-state index in [1.165, 1.54) is 12.1 Å². The van der Waals surface area contributed by atoms with E-state index in [0.29, 0.717) is 18.7 Å². The molecule has 0 aromatic heterocycles. The van der Waals surface area contributed by atoms with Gasteiger partial charge in [-0.1, -0.05) is 6.42 Å². The van der Waals surface area contributed by atoms with Crippen molar-refractivity contribution in [2.24, 2.45) is 5.73 Å². The Morgan fingerprint density at radius 2 is 2.20 bits per heavy atom. The Hall–Kier alpha value is -1.24. The maximum atomic E-state index is 13.8. The predicted molar refractivity (Wildman–Crippen MR) is 77.4 cm³/mol. The van der Waals surface area contributed by atoms with Gasteiger partial charge in [0, 0.05) is 30.8 Å². The lowest BCUT2D eigenvalue weighted by Gasteiger charge is -2.35. The van der Waals surface area contributed by atoms with E-state index < -0.39 is 10.7 Å². The molecule has 1 fully saturated rings. The van der Waals surface area contributed by atoms with Gasteiger partial charge in [-0.15, -0.1) is 12.4 Å². The highest BCUT2D eigenvalue weighted by atomic mass is 35.5.